The first-order valence-electron chi connectivity index (χ1n) is 10.3. The van der Waals surface area contributed by atoms with Gasteiger partial charge in [0.2, 0.25) is 0 Å². The maximum absolute atomic E-state index is 13.0. The second-order valence-electron chi connectivity index (χ2n) is 7.46. The Kier molecular flexibility index (Phi) is 6.12. The monoisotopic (exact) mass is 380 g/mol. The summed E-state index contributed by atoms with van der Waals surface area (Å²) in [5, 5.41) is 3.07. The van der Waals surface area contributed by atoms with Crippen LogP contribution in [0.3, 0.4) is 0 Å². The molecule has 0 spiro atoms. The molecule has 1 aliphatic heterocycles. The van der Waals surface area contributed by atoms with Gasteiger partial charge < -0.3 is 19.7 Å². The molecule has 0 bridgehead atoms. The summed E-state index contributed by atoms with van der Waals surface area (Å²) in [6.45, 7) is 1.83. The van der Waals surface area contributed by atoms with Gasteiger partial charge in [0.05, 0.1) is 31.0 Å². The number of morpholine rings is 1. The average molecular weight is 380 g/mol. The molecule has 0 unspecified atom stereocenters. The number of carbonyl (C=O) groups excluding carboxylic acids is 1. The summed E-state index contributed by atoms with van der Waals surface area (Å²) in [5.74, 6) is 0.709. The molecule has 28 heavy (non-hydrogen) atoms. The molecule has 1 heterocycles. The minimum absolute atomic E-state index is 0.0562. The predicted molar refractivity (Wildman–Crippen MR) is 110 cm³/mol. The van der Waals surface area contributed by atoms with E-state index in [2.05, 4.69) is 17.4 Å². The molecule has 1 saturated heterocycles. The van der Waals surface area contributed by atoms with Crippen LogP contribution in [0.4, 0.5) is 10.5 Å². The van der Waals surface area contributed by atoms with E-state index in [1.165, 1.54) is 12.0 Å². The maximum Gasteiger partial charge on any atom is 0.322 e. The van der Waals surface area contributed by atoms with E-state index in [1.54, 1.807) is 0 Å². The highest BCUT2D eigenvalue weighted by molar-refractivity contribution is 5.91. The van der Waals surface area contributed by atoms with Crippen molar-refractivity contribution in [2.75, 3.05) is 25.1 Å². The van der Waals surface area contributed by atoms with E-state index in [4.69, 9.17) is 9.47 Å². The number of ether oxygens (including phenoxy) is 2. The van der Waals surface area contributed by atoms with Crippen LogP contribution >= 0.6 is 0 Å². The fourth-order valence-corrected chi connectivity index (χ4v) is 4.15. The van der Waals surface area contributed by atoms with Gasteiger partial charge in [0.25, 0.3) is 0 Å². The molecule has 2 fully saturated rings. The van der Waals surface area contributed by atoms with E-state index in [-0.39, 0.29) is 18.2 Å². The third kappa shape index (κ3) is 4.47. The highest BCUT2D eigenvalue weighted by Gasteiger charge is 2.36. The third-order valence-corrected chi connectivity index (χ3v) is 5.61. The average Bonchev–Trinajstić information content (AvgIpc) is 2.75. The molecule has 2 atom stereocenters. The highest BCUT2D eigenvalue weighted by Crippen LogP contribution is 2.30. The van der Waals surface area contributed by atoms with E-state index < -0.39 is 0 Å². The number of para-hydroxylation sites is 2. The molecule has 2 aromatic carbocycles. The van der Waals surface area contributed by atoms with Crippen LogP contribution < -0.4 is 10.1 Å². The van der Waals surface area contributed by atoms with Crippen molar-refractivity contribution in [3.63, 3.8) is 0 Å². The van der Waals surface area contributed by atoms with Crippen LogP contribution in [-0.2, 0) is 11.2 Å². The predicted octanol–water partition coefficient (Wildman–Crippen LogP) is 4.48. The third-order valence-electron chi connectivity index (χ3n) is 5.61. The fourth-order valence-electron chi connectivity index (χ4n) is 4.15. The van der Waals surface area contributed by atoms with Gasteiger partial charge in [-0.25, -0.2) is 4.79 Å². The lowest BCUT2D eigenvalue weighted by Gasteiger charge is -2.43. The van der Waals surface area contributed by atoms with Gasteiger partial charge in [-0.1, -0.05) is 55.3 Å². The molecule has 0 aromatic heterocycles. The van der Waals surface area contributed by atoms with Crippen molar-refractivity contribution in [3.05, 3.63) is 60.2 Å². The molecule has 148 valence electrons. The SMILES string of the molecule is O=C(Nc1ccccc1OCCc1ccccc1)N1CCO[C@@H]2CCCC[C@H]21. The van der Waals surface area contributed by atoms with Crippen LogP contribution in [0, 0.1) is 0 Å². The van der Waals surface area contributed by atoms with Gasteiger partial charge in [-0.15, -0.1) is 0 Å². The summed E-state index contributed by atoms with van der Waals surface area (Å²) in [6, 6.07) is 18.0. The number of hydrogen-bond donors (Lipinski definition) is 1. The Morgan fingerprint density at radius 3 is 2.75 bits per heavy atom. The molecule has 5 heteroatoms. The topological polar surface area (TPSA) is 50.8 Å². The first-order valence-corrected chi connectivity index (χ1v) is 10.3. The largest absolute Gasteiger partial charge is 0.491 e. The zero-order valence-corrected chi connectivity index (χ0v) is 16.2. The minimum atomic E-state index is -0.0562. The molecule has 5 nitrogen and oxygen atoms in total. The second-order valence-corrected chi connectivity index (χ2v) is 7.46. The first kappa shape index (κ1) is 18.8. The summed E-state index contributed by atoms with van der Waals surface area (Å²) in [6.07, 6.45) is 5.44. The quantitative estimate of drug-likeness (QED) is 0.832. The molecule has 2 amide bonds. The van der Waals surface area contributed by atoms with E-state index in [0.29, 0.717) is 25.5 Å². The number of rotatable bonds is 5. The Bertz CT molecular complexity index is 778. The van der Waals surface area contributed by atoms with Gasteiger partial charge in [0.15, 0.2) is 0 Å². The van der Waals surface area contributed by atoms with Crippen molar-refractivity contribution < 1.29 is 14.3 Å². The molecule has 2 aliphatic rings. The Morgan fingerprint density at radius 2 is 1.86 bits per heavy atom. The molecule has 0 radical (unpaired) electrons. The Balaban J connectivity index is 1.38. The van der Waals surface area contributed by atoms with Gasteiger partial charge in [-0.05, 0) is 30.5 Å². The van der Waals surface area contributed by atoms with Crippen LogP contribution in [-0.4, -0.2) is 42.8 Å². The number of hydrogen-bond acceptors (Lipinski definition) is 3. The lowest BCUT2D eigenvalue weighted by molar-refractivity contribution is -0.0694. The van der Waals surface area contributed by atoms with Gasteiger partial charge in [-0.2, -0.15) is 0 Å². The fraction of sp³-hybridized carbons (Fsp3) is 0.435. The highest BCUT2D eigenvalue weighted by atomic mass is 16.5. The van der Waals surface area contributed by atoms with Gasteiger partial charge in [0.1, 0.15) is 5.75 Å². The molecule has 1 N–H and O–H groups in total. The number of fused-ring (bicyclic) bond motifs is 1. The van der Waals surface area contributed by atoms with Gasteiger partial charge in [-0.3, -0.25) is 0 Å². The lowest BCUT2D eigenvalue weighted by Crippen LogP contribution is -2.56. The van der Waals surface area contributed by atoms with Crippen LogP contribution in [0.5, 0.6) is 5.75 Å². The number of urea groups is 1. The van der Waals surface area contributed by atoms with Crippen molar-refractivity contribution in [3.8, 4) is 5.75 Å². The lowest BCUT2D eigenvalue weighted by atomic mass is 9.90. The van der Waals surface area contributed by atoms with Crippen molar-refractivity contribution in [2.24, 2.45) is 0 Å². The standard InChI is InChI=1S/C23H28N2O3/c26-23(25-15-17-28-22-13-7-5-11-20(22)25)24-19-10-4-6-12-21(19)27-16-14-18-8-2-1-3-9-18/h1-4,6,8-10,12,20,22H,5,7,11,13-17H2,(H,24,26)/t20-,22-/m1/s1. The Labute approximate surface area is 166 Å². The normalized spacial score (nSPS) is 21.6. The van der Waals surface area contributed by atoms with Gasteiger partial charge >= 0.3 is 6.03 Å². The van der Waals surface area contributed by atoms with E-state index in [1.807, 2.05) is 47.4 Å². The molecular formula is C23H28N2O3. The zero-order valence-electron chi connectivity index (χ0n) is 16.2. The van der Waals surface area contributed by atoms with Gasteiger partial charge in [0, 0.05) is 13.0 Å². The summed E-state index contributed by atoms with van der Waals surface area (Å²) in [4.78, 5) is 14.9. The van der Waals surface area contributed by atoms with Crippen molar-refractivity contribution in [1.29, 1.82) is 0 Å². The Hall–Kier alpha value is -2.53. The van der Waals surface area contributed by atoms with Crippen molar-refractivity contribution in [1.82, 2.24) is 4.90 Å². The molecule has 2 aromatic rings. The molecule has 1 saturated carbocycles. The number of carbonyl (C=O) groups is 1. The van der Waals surface area contributed by atoms with E-state index in [0.717, 1.165) is 31.4 Å². The van der Waals surface area contributed by atoms with Crippen LogP contribution in [0.1, 0.15) is 31.2 Å². The Morgan fingerprint density at radius 1 is 1.07 bits per heavy atom. The molecule has 4 rings (SSSR count). The number of benzene rings is 2. The first-order chi connectivity index (χ1) is 13.8. The van der Waals surface area contributed by atoms with Crippen molar-refractivity contribution >= 4 is 11.7 Å². The van der Waals surface area contributed by atoms with E-state index in [9.17, 15) is 4.79 Å². The van der Waals surface area contributed by atoms with E-state index >= 15 is 0 Å². The number of nitrogens with one attached hydrogen (secondary N) is 1. The molecular weight excluding hydrogens is 352 g/mol. The van der Waals surface area contributed by atoms with Crippen LogP contribution in [0.15, 0.2) is 54.6 Å². The minimum Gasteiger partial charge on any atom is -0.491 e. The zero-order chi connectivity index (χ0) is 19.2. The number of anilines is 1. The van der Waals surface area contributed by atoms with Crippen LogP contribution in [0.2, 0.25) is 0 Å². The summed E-state index contributed by atoms with van der Waals surface area (Å²) >= 11 is 0. The smallest absolute Gasteiger partial charge is 0.322 e. The summed E-state index contributed by atoms with van der Waals surface area (Å²) < 4.78 is 11.9. The maximum atomic E-state index is 13.0. The summed E-state index contributed by atoms with van der Waals surface area (Å²) in [7, 11) is 0. The van der Waals surface area contributed by atoms with Crippen molar-refractivity contribution in [2.45, 2.75) is 44.2 Å². The second kappa shape index (κ2) is 9.11. The van der Waals surface area contributed by atoms with Crippen LogP contribution in [0.25, 0.3) is 0 Å². The molecule has 1 aliphatic carbocycles. The number of amides is 2. The summed E-state index contributed by atoms with van der Waals surface area (Å²) in [5.41, 5.74) is 1.96. The number of nitrogens with zero attached hydrogens (tertiary/aromatic N) is 1.